The minimum absolute atomic E-state index is 0.0698. The van der Waals surface area contributed by atoms with E-state index >= 15 is 0 Å². The number of aromatic nitrogens is 1. The van der Waals surface area contributed by atoms with Gasteiger partial charge in [0.1, 0.15) is 5.75 Å². The van der Waals surface area contributed by atoms with E-state index in [1.54, 1.807) is 13.3 Å². The number of ether oxygens (including phenoxy) is 1. The van der Waals surface area contributed by atoms with Crippen LogP contribution in [-0.2, 0) is 0 Å². The summed E-state index contributed by atoms with van der Waals surface area (Å²) < 4.78 is 5.23. The van der Waals surface area contributed by atoms with Crippen molar-refractivity contribution in [2.75, 3.05) is 7.11 Å². The Balaban J connectivity index is 2.46. The van der Waals surface area contributed by atoms with Gasteiger partial charge in [-0.15, -0.1) is 0 Å². The van der Waals surface area contributed by atoms with Crippen LogP contribution < -0.4 is 16.0 Å². The number of benzene rings is 1. The highest BCUT2D eigenvalue weighted by Crippen LogP contribution is 2.28. The number of aryl methyl sites for hydroxylation is 2. The number of pyridine rings is 1. The third-order valence-electron chi connectivity index (χ3n) is 3.35. The van der Waals surface area contributed by atoms with Gasteiger partial charge in [-0.1, -0.05) is 6.07 Å². The summed E-state index contributed by atoms with van der Waals surface area (Å²) in [6, 6.07) is 7.90. The first kappa shape index (κ1) is 13.5. The lowest BCUT2D eigenvalue weighted by Crippen LogP contribution is -2.30. The summed E-state index contributed by atoms with van der Waals surface area (Å²) in [5.74, 6) is 6.58. The van der Waals surface area contributed by atoms with E-state index in [1.807, 2.05) is 37.4 Å². The molecule has 100 valence electrons. The third-order valence-corrected chi connectivity index (χ3v) is 3.35. The molecule has 2 rings (SSSR count). The SMILES string of the molecule is COc1ccc(C(NN)c2cnccc2C)c(C)c1. The molecule has 0 amide bonds. The Bertz CT molecular complexity index is 569. The molecule has 19 heavy (non-hydrogen) atoms. The zero-order chi connectivity index (χ0) is 13.8. The van der Waals surface area contributed by atoms with E-state index in [0.29, 0.717) is 0 Å². The van der Waals surface area contributed by atoms with E-state index in [1.165, 1.54) is 0 Å². The molecule has 4 nitrogen and oxygen atoms in total. The molecule has 1 heterocycles. The van der Waals surface area contributed by atoms with Crippen LogP contribution in [0.25, 0.3) is 0 Å². The van der Waals surface area contributed by atoms with Gasteiger partial charge in [0.15, 0.2) is 0 Å². The van der Waals surface area contributed by atoms with Gasteiger partial charge in [-0.2, -0.15) is 0 Å². The molecule has 0 saturated carbocycles. The van der Waals surface area contributed by atoms with E-state index in [9.17, 15) is 0 Å². The van der Waals surface area contributed by atoms with Gasteiger partial charge in [-0.25, -0.2) is 5.43 Å². The van der Waals surface area contributed by atoms with Gasteiger partial charge in [-0.3, -0.25) is 10.8 Å². The summed E-state index contributed by atoms with van der Waals surface area (Å²) in [6.45, 7) is 4.11. The average Bonchev–Trinajstić information content (AvgIpc) is 2.43. The molecule has 0 saturated heterocycles. The smallest absolute Gasteiger partial charge is 0.119 e. The van der Waals surface area contributed by atoms with Crippen LogP contribution in [0.5, 0.6) is 5.75 Å². The number of nitrogens with two attached hydrogens (primary N) is 1. The highest BCUT2D eigenvalue weighted by atomic mass is 16.5. The van der Waals surface area contributed by atoms with E-state index < -0.39 is 0 Å². The molecule has 3 N–H and O–H groups in total. The van der Waals surface area contributed by atoms with Crippen molar-refractivity contribution in [3.8, 4) is 5.75 Å². The molecule has 1 aromatic carbocycles. The molecular formula is C15H19N3O. The molecule has 0 aliphatic rings. The Hall–Kier alpha value is -1.91. The number of nitrogens with one attached hydrogen (secondary N) is 1. The fourth-order valence-corrected chi connectivity index (χ4v) is 2.22. The molecule has 0 radical (unpaired) electrons. The summed E-state index contributed by atoms with van der Waals surface area (Å²) in [4.78, 5) is 4.18. The van der Waals surface area contributed by atoms with Crippen LogP contribution in [0, 0.1) is 13.8 Å². The third kappa shape index (κ3) is 2.75. The highest BCUT2D eigenvalue weighted by Gasteiger charge is 2.17. The normalized spacial score (nSPS) is 12.2. The fourth-order valence-electron chi connectivity index (χ4n) is 2.22. The largest absolute Gasteiger partial charge is 0.497 e. The monoisotopic (exact) mass is 257 g/mol. The van der Waals surface area contributed by atoms with Gasteiger partial charge in [-0.05, 0) is 54.3 Å². The van der Waals surface area contributed by atoms with Crippen LogP contribution in [0.4, 0.5) is 0 Å². The molecule has 0 aliphatic carbocycles. The minimum Gasteiger partial charge on any atom is -0.497 e. The lowest BCUT2D eigenvalue weighted by atomic mass is 9.94. The van der Waals surface area contributed by atoms with Crippen molar-refractivity contribution in [1.82, 2.24) is 10.4 Å². The lowest BCUT2D eigenvalue weighted by Gasteiger charge is -2.20. The fraction of sp³-hybridized carbons (Fsp3) is 0.267. The zero-order valence-electron chi connectivity index (χ0n) is 11.5. The van der Waals surface area contributed by atoms with Crippen molar-refractivity contribution >= 4 is 0 Å². The topological polar surface area (TPSA) is 60.2 Å². The van der Waals surface area contributed by atoms with Crippen molar-refractivity contribution < 1.29 is 4.74 Å². The first-order valence-corrected chi connectivity index (χ1v) is 6.18. The van der Waals surface area contributed by atoms with Crippen molar-refractivity contribution in [3.63, 3.8) is 0 Å². The second-order valence-corrected chi connectivity index (χ2v) is 4.55. The Morgan fingerprint density at radius 3 is 2.53 bits per heavy atom. The number of methoxy groups -OCH3 is 1. The number of hydrogen-bond donors (Lipinski definition) is 2. The molecule has 0 bridgehead atoms. The van der Waals surface area contributed by atoms with Gasteiger partial charge >= 0.3 is 0 Å². The maximum Gasteiger partial charge on any atom is 0.119 e. The standard InChI is InChI=1S/C15H19N3O/c1-10-6-7-17-9-14(10)15(18-16)13-5-4-12(19-3)8-11(13)2/h4-9,15,18H,16H2,1-3H3. The van der Waals surface area contributed by atoms with Crippen LogP contribution in [0.3, 0.4) is 0 Å². The first-order chi connectivity index (χ1) is 9.17. The first-order valence-electron chi connectivity index (χ1n) is 6.18. The molecule has 1 unspecified atom stereocenters. The molecule has 0 aliphatic heterocycles. The summed E-state index contributed by atoms with van der Waals surface area (Å²) in [5.41, 5.74) is 7.37. The van der Waals surface area contributed by atoms with Crippen LogP contribution in [0.1, 0.15) is 28.3 Å². The Morgan fingerprint density at radius 1 is 1.16 bits per heavy atom. The molecule has 2 aromatic rings. The second-order valence-electron chi connectivity index (χ2n) is 4.55. The molecule has 4 heteroatoms. The van der Waals surface area contributed by atoms with Crippen molar-refractivity contribution in [2.45, 2.75) is 19.9 Å². The molecular weight excluding hydrogens is 238 g/mol. The summed E-state index contributed by atoms with van der Waals surface area (Å²) in [7, 11) is 1.67. The summed E-state index contributed by atoms with van der Waals surface area (Å²) in [6.07, 6.45) is 3.64. The maximum atomic E-state index is 5.74. The highest BCUT2D eigenvalue weighted by molar-refractivity contribution is 5.42. The van der Waals surface area contributed by atoms with E-state index in [-0.39, 0.29) is 6.04 Å². The van der Waals surface area contributed by atoms with Gasteiger partial charge in [0, 0.05) is 12.4 Å². The zero-order valence-corrected chi connectivity index (χ0v) is 11.5. The van der Waals surface area contributed by atoms with Crippen LogP contribution in [-0.4, -0.2) is 12.1 Å². The molecule has 1 aromatic heterocycles. The Morgan fingerprint density at radius 2 is 1.95 bits per heavy atom. The second kappa shape index (κ2) is 5.82. The predicted molar refractivity (Wildman–Crippen MR) is 75.9 cm³/mol. The maximum absolute atomic E-state index is 5.74. The predicted octanol–water partition coefficient (Wildman–Crippen LogP) is 2.26. The van der Waals surface area contributed by atoms with Crippen LogP contribution in [0.2, 0.25) is 0 Å². The van der Waals surface area contributed by atoms with Crippen LogP contribution >= 0.6 is 0 Å². The number of rotatable bonds is 4. The Kier molecular flexibility index (Phi) is 4.14. The van der Waals surface area contributed by atoms with Crippen molar-refractivity contribution in [1.29, 1.82) is 0 Å². The van der Waals surface area contributed by atoms with Crippen molar-refractivity contribution in [3.05, 3.63) is 58.9 Å². The lowest BCUT2D eigenvalue weighted by molar-refractivity contribution is 0.414. The minimum atomic E-state index is -0.0698. The van der Waals surface area contributed by atoms with Crippen molar-refractivity contribution in [2.24, 2.45) is 5.84 Å². The molecule has 1 atom stereocenters. The quantitative estimate of drug-likeness (QED) is 0.651. The van der Waals surface area contributed by atoms with Gasteiger partial charge in [0.2, 0.25) is 0 Å². The average molecular weight is 257 g/mol. The summed E-state index contributed by atoms with van der Waals surface area (Å²) >= 11 is 0. The van der Waals surface area contributed by atoms with Crippen LogP contribution in [0.15, 0.2) is 36.7 Å². The van der Waals surface area contributed by atoms with Gasteiger partial charge in [0.05, 0.1) is 13.2 Å². The van der Waals surface area contributed by atoms with E-state index in [0.717, 1.165) is 28.0 Å². The Labute approximate surface area is 113 Å². The number of hydrogen-bond acceptors (Lipinski definition) is 4. The number of nitrogens with zero attached hydrogens (tertiary/aromatic N) is 1. The van der Waals surface area contributed by atoms with Gasteiger partial charge < -0.3 is 4.74 Å². The van der Waals surface area contributed by atoms with E-state index in [4.69, 9.17) is 10.6 Å². The van der Waals surface area contributed by atoms with Gasteiger partial charge in [0.25, 0.3) is 0 Å². The molecule has 0 fully saturated rings. The summed E-state index contributed by atoms with van der Waals surface area (Å²) in [5, 5.41) is 0. The van der Waals surface area contributed by atoms with E-state index in [2.05, 4.69) is 17.3 Å². The molecule has 0 spiro atoms. The number of hydrazine groups is 1.